The zero-order chi connectivity index (χ0) is 19.6. The van der Waals surface area contributed by atoms with Crippen molar-refractivity contribution < 1.29 is 9.21 Å². The van der Waals surface area contributed by atoms with Crippen molar-refractivity contribution in [3.8, 4) is 5.82 Å². The molecule has 1 aliphatic heterocycles. The number of amides is 1. The summed E-state index contributed by atoms with van der Waals surface area (Å²) in [6.45, 7) is 1.47. The summed E-state index contributed by atoms with van der Waals surface area (Å²) in [5.41, 5.74) is 2.33. The Morgan fingerprint density at radius 3 is 2.69 bits per heavy atom. The number of fused-ring (bicyclic) bond motifs is 1. The molecule has 0 bridgehead atoms. The lowest BCUT2D eigenvalue weighted by atomic mass is 9.96. The summed E-state index contributed by atoms with van der Waals surface area (Å²) in [6.07, 6.45) is 6.69. The normalized spacial score (nSPS) is 15.0. The molecular formula is C21H20N6O2. The number of piperidine rings is 1. The fourth-order valence-electron chi connectivity index (χ4n) is 3.57. The number of oxazole rings is 1. The van der Waals surface area contributed by atoms with Crippen LogP contribution in [0.25, 0.3) is 16.9 Å². The van der Waals surface area contributed by atoms with Gasteiger partial charge in [-0.25, -0.2) is 9.67 Å². The number of carbonyl (C=O) groups is 1. The van der Waals surface area contributed by atoms with Crippen molar-refractivity contribution in [3.63, 3.8) is 0 Å². The molecule has 8 heteroatoms. The van der Waals surface area contributed by atoms with Gasteiger partial charge in [0.15, 0.2) is 11.4 Å². The molecule has 146 valence electrons. The molecule has 1 aromatic carbocycles. The summed E-state index contributed by atoms with van der Waals surface area (Å²) in [6, 6.07) is 13.9. The Balaban J connectivity index is 1.19. The number of carbonyl (C=O) groups excluding carboxylic acids is 1. The summed E-state index contributed by atoms with van der Waals surface area (Å²) in [5.74, 6) is 0.692. The highest BCUT2D eigenvalue weighted by atomic mass is 16.4. The third-order valence-corrected chi connectivity index (χ3v) is 5.17. The lowest BCUT2D eigenvalue weighted by Gasteiger charge is -2.30. The number of anilines is 2. The van der Waals surface area contributed by atoms with Crippen LogP contribution in [0.4, 0.5) is 11.7 Å². The van der Waals surface area contributed by atoms with Crippen molar-refractivity contribution in [1.82, 2.24) is 19.7 Å². The first kappa shape index (κ1) is 17.4. The molecule has 1 fully saturated rings. The molecule has 0 aliphatic carbocycles. The number of para-hydroxylation sites is 2. The number of aromatic nitrogens is 4. The molecule has 1 aliphatic rings. The lowest BCUT2D eigenvalue weighted by Crippen LogP contribution is -2.38. The second kappa shape index (κ2) is 7.38. The van der Waals surface area contributed by atoms with Crippen LogP contribution < -0.4 is 10.2 Å². The molecule has 29 heavy (non-hydrogen) atoms. The van der Waals surface area contributed by atoms with E-state index >= 15 is 0 Å². The average Bonchev–Trinajstić information content (AvgIpc) is 3.44. The summed E-state index contributed by atoms with van der Waals surface area (Å²) < 4.78 is 7.51. The molecule has 0 spiro atoms. The van der Waals surface area contributed by atoms with Crippen LogP contribution in [0.5, 0.6) is 0 Å². The van der Waals surface area contributed by atoms with Gasteiger partial charge in [-0.05, 0) is 43.2 Å². The molecule has 0 radical (unpaired) electrons. The van der Waals surface area contributed by atoms with E-state index in [4.69, 9.17) is 4.42 Å². The second-order valence-corrected chi connectivity index (χ2v) is 7.07. The van der Waals surface area contributed by atoms with Crippen LogP contribution in [0, 0.1) is 5.92 Å². The maximum Gasteiger partial charge on any atom is 0.298 e. The van der Waals surface area contributed by atoms with Gasteiger partial charge < -0.3 is 14.6 Å². The standard InChI is InChI=1S/C21H20N6O2/c28-20(24-16-6-7-19(22-14-16)27-11-3-10-23-27)15-8-12-26(13-9-15)21-25-17-4-1-2-5-18(17)29-21/h1-7,10-11,14-15H,8-9,12-13H2,(H,24,28). The summed E-state index contributed by atoms with van der Waals surface area (Å²) in [7, 11) is 0. The Morgan fingerprint density at radius 1 is 1.10 bits per heavy atom. The van der Waals surface area contributed by atoms with Gasteiger partial charge in [0.1, 0.15) is 5.52 Å². The Morgan fingerprint density at radius 2 is 1.97 bits per heavy atom. The molecule has 1 amide bonds. The first-order chi connectivity index (χ1) is 14.3. The molecule has 5 rings (SSSR count). The first-order valence-electron chi connectivity index (χ1n) is 9.64. The molecule has 4 aromatic rings. The van der Waals surface area contributed by atoms with E-state index in [0.717, 1.165) is 37.0 Å². The summed E-state index contributed by atoms with van der Waals surface area (Å²) >= 11 is 0. The van der Waals surface area contributed by atoms with Gasteiger partial charge in [-0.1, -0.05) is 12.1 Å². The number of hydrogen-bond donors (Lipinski definition) is 1. The number of hydrogen-bond acceptors (Lipinski definition) is 6. The fraction of sp³-hybridized carbons (Fsp3) is 0.238. The molecule has 0 unspecified atom stereocenters. The van der Waals surface area contributed by atoms with Crippen LogP contribution in [0.15, 0.2) is 65.5 Å². The number of nitrogens with one attached hydrogen (secondary N) is 1. The quantitative estimate of drug-likeness (QED) is 0.577. The van der Waals surface area contributed by atoms with Crippen LogP contribution in [-0.4, -0.2) is 38.7 Å². The zero-order valence-corrected chi connectivity index (χ0v) is 15.7. The van der Waals surface area contributed by atoms with Crippen molar-refractivity contribution >= 4 is 28.7 Å². The van der Waals surface area contributed by atoms with Crippen LogP contribution in [0.1, 0.15) is 12.8 Å². The van der Waals surface area contributed by atoms with E-state index in [1.54, 1.807) is 17.1 Å². The third kappa shape index (κ3) is 3.56. The van der Waals surface area contributed by atoms with Gasteiger partial charge >= 0.3 is 0 Å². The minimum Gasteiger partial charge on any atom is -0.423 e. The third-order valence-electron chi connectivity index (χ3n) is 5.17. The van der Waals surface area contributed by atoms with Crippen molar-refractivity contribution in [2.45, 2.75) is 12.8 Å². The number of pyridine rings is 1. The van der Waals surface area contributed by atoms with E-state index in [1.165, 1.54) is 0 Å². The van der Waals surface area contributed by atoms with Gasteiger partial charge in [-0.2, -0.15) is 10.1 Å². The van der Waals surface area contributed by atoms with E-state index in [1.807, 2.05) is 48.7 Å². The Kier molecular flexibility index (Phi) is 4.44. The van der Waals surface area contributed by atoms with E-state index < -0.39 is 0 Å². The molecule has 0 atom stereocenters. The molecule has 4 heterocycles. The van der Waals surface area contributed by atoms with Crippen LogP contribution in [0.3, 0.4) is 0 Å². The van der Waals surface area contributed by atoms with Gasteiger partial charge in [0.05, 0.1) is 11.9 Å². The van der Waals surface area contributed by atoms with Gasteiger partial charge in [-0.3, -0.25) is 4.79 Å². The highest BCUT2D eigenvalue weighted by Gasteiger charge is 2.27. The summed E-state index contributed by atoms with van der Waals surface area (Å²) in [4.78, 5) is 23.6. The number of benzene rings is 1. The molecule has 1 saturated heterocycles. The predicted octanol–water partition coefficient (Wildman–Crippen LogP) is 3.26. The fourth-order valence-corrected chi connectivity index (χ4v) is 3.57. The van der Waals surface area contributed by atoms with Gasteiger partial charge in [-0.15, -0.1) is 0 Å². The SMILES string of the molecule is O=C(Nc1ccc(-n2cccn2)nc1)C1CCN(c2nc3ccccc3o2)CC1. The minimum atomic E-state index is -0.0404. The predicted molar refractivity (Wildman–Crippen MR) is 109 cm³/mol. The number of rotatable bonds is 4. The zero-order valence-electron chi connectivity index (χ0n) is 15.7. The van der Waals surface area contributed by atoms with Crippen LogP contribution in [0.2, 0.25) is 0 Å². The van der Waals surface area contributed by atoms with Crippen molar-refractivity contribution in [3.05, 3.63) is 61.1 Å². The largest absolute Gasteiger partial charge is 0.423 e. The van der Waals surface area contributed by atoms with Gasteiger partial charge in [0.25, 0.3) is 6.01 Å². The molecule has 3 aromatic heterocycles. The van der Waals surface area contributed by atoms with Crippen molar-refractivity contribution in [2.24, 2.45) is 5.92 Å². The average molecular weight is 388 g/mol. The van der Waals surface area contributed by atoms with Crippen LogP contribution >= 0.6 is 0 Å². The molecule has 1 N–H and O–H groups in total. The van der Waals surface area contributed by atoms with Crippen molar-refractivity contribution in [1.29, 1.82) is 0 Å². The topological polar surface area (TPSA) is 89.1 Å². The smallest absolute Gasteiger partial charge is 0.298 e. The highest BCUT2D eigenvalue weighted by molar-refractivity contribution is 5.92. The van der Waals surface area contributed by atoms with Crippen LogP contribution in [-0.2, 0) is 4.79 Å². The first-order valence-corrected chi connectivity index (χ1v) is 9.64. The molecular weight excluding hydrogens is 368 g/mol. The Hall–Kier alpha value is -3.68. The highest BCUT2D eigenvalue weighted by Crippen LogP contribution is 2.27. The monoisotopic (exact) mass is 388 g/mol. The maximum absolute atomic E-state index is 12.7. The van der Waals surface area contributed by atoms with Crippen molar-refractivity contribution in [2.75, 3.05) is 23.3 Å². The van der Waals surface area contributed by atoms with E-state index in [9.17, 15) is 4.79 Å². The molecule has 8 nitrogen and oxygen atoms in total. The maximum atomic E-state index is 12.7. The molecule has 0 saturated carbocycles. The second-order valence-electron chi connectivity index (χ2n) is 7.07. The summed E-state index contributed by atoms with van der Waals surface area (Å²) in [5, 5.41) is 7.12. The van der Waals surface area contributed by atoms with Gasteiger partial charge in [0.2, 0.25) is 5.91 Å². The van der Waals surface area contributed by atoms with E-state index in [2.05, 4.69) is 25.3 Å². The number of nitrogens with zero attached hydrogens (tertiary/aromatic N) is 5. The van der Waals surface area contributed by atoms with E-state index in [0.29, 0.717) is 17.5 Å². The van der Waals surface area contributed by atoms with Gasteiger partial charge in [0, 0.05) is 31.4 Å². The Bertz CT molecular complexity index is 1080. The Labute approximate surface area is 167 Å². The minimum absolute atomic E-state index is 0.0239. The van der Waals surface area contributed by atoms with E-state index in [-0.39, 0.29) is 11.8 Å². The lowest BCUT2D eigenvalue weighted by molar-refractivity contribution is -0.120.